The Hall–Kier alpha value is -1.19. The van der Waals surface area contributed by atoms with E-state index < -0.39 is 10.0 Å². The molecule has 1 unspecified atom stereocenters. The fourth-order valence-electron chi connectivity index (χ4n) is 1.19. The van der Waals surface area contributed by atoms with E-state index in [1.807, 2.05) is 6.92 Å². The fraction of sp³-hybridized carbons (Fsp3) is 0.778. The largest absolute Gasteiger partial charge is 0.406 e. The van der Waals surface area contributed by atoms with Crippen LogP contribution in [-0.2, 0) is 10.0 Å². The molecule has 0 aliphatic rings. The Labute approximate surface area is 107 Å². The minimum Gasteiger partial charge on any atom is -0.406 e. The predicted octanol–water partition coefficient (Wildman–Crippen LogP) is -0.299. The smallest absolute Gasteiger partial charge is 0.315 e. The number of hydrogen-bond acceptors (Lipinski definition) is 7. The van der Waals surface area contributed by atoms with E-state index in [2.05, 4.69) is 25.6 Å². The summed E-state index contributed by atoms with van der Waals surface area (Å²) in [6, 6.07) is 0.178. The van der Waals surface area contributed by atoms with Crippen molar-refractivity contribution in [2.45, 2.75) is 19.9 Å². The summed E-state index contributed by atoms with van der Waals surface area (Å²) in [5, 5.41) is 13.3. The molecular weight excluding hydrogens is 258 g/mol. The summed E-state index contributed by atoms with van der Waals surface area (Å²) in [5.74, 6) is 0.412. The standard InChI is InChI=1S/C9H19N5O3S/c1-4-12-18(15,16)6-5-11-9-14-13-8(17-9)7(2)10-3/h7,10,12H,4-6H2,1-3H3,(H,11,14). The highest BCUT2D eigenvalue weighted by Crippen LogP contribution is 2.12. The number of nitrogens with one attached hydrogen (secondary N) is 3. The molecule has 0 saturated heterocycles. The van der Waals surface area contributed by atoms with E-state index in [0.29, 0.717) is 12.4 Å². The maximum atomic E-state index is 11.4. The summed E-state index contributed by atoms with van der Waals surface area (Å²) in [6.45, 7) is 4.21. The average Bonchev–Trinajstić information content (AvgIpc) is 2.76. The molecule has 104 valence electrons. The molecule has 0 aromatic carbocycles. The lowest BCUT2D eigenvalue weighted by Gasteiger charge is -2.04. The summed E-state index contributed by atoms with van der Waals surface area (Å²) >= 11 is 0. The second-order valence-electron chi connectivity index (χ2n) is 3.70. The third kappa shape index (κ3) is 4.59. The van der Waals surface area contributed by atoms with E-state index >= 15 is 0 Å². The highest BCUT2D eigenvalue weighted by molar-refractivity contribution is 7.89. The van der Waals surface area contributed by atoms with E-state index in [4.69, 9.17) is 4.42 Å². The molecule has 0 radical (unpaired) electrons. The van der Waals surface area contributed by atoms with E-state index in [1.54, 1.807) is 14.0 Å². The molecule has 9 heteroatoms. The molecule has 0 aliphatic carbocycles. The topological polar surface area (TPSA) is 109 Å². The van der Waals surface area contributed by atoms with Crippen LogP contribution < -0.4 is 15.4 Å². The van der Waals surface area contributed by atoms with Crippen molar-refractivity contribution in [2.24, 2.45) is 0 Å². The van der Waals surface area contributed by atoms with Crippen molar-refractivity contribution < 1.29 is 12.8 Å². The third-order valence-electron chi connectivity index (χ3n) is 2.26. The van der Waals surface area contributed by atoms with Crippen LogP contribution in [0, 0.1) is 0 Å². The van der Waals surface area contributed by atoms with Gasteiger partial charge in [0.1, 0.15) is 0 Å². The van der Waals surface area contributed by atoms with E-state index in [1.165, 1.54) is 0 Å². The molecule has 1 heterocycles. The molecule has 1 aromatic rings. The van der Waals surface area contributed by atoms with Crippen molar-refractivity contribution in [1.29, 1.82) is 0 Å². The molecule has 1 atom stereocenters. The Bertz CT molecular complexity index is 459. The number of hydrogen-bond donors (Lipinski definition) is 3. The Morgan fingerprint density at radius 3 is 2.72 bits per heavy atom. The Kier molecular flexibility index (Phi) is 5.51. The molecule has 0 spiro atoms. The minimum absolute atomic E-state index is 0.0415. The number of rotatable bonds is 8. The summed E-state index contributed by atoms with van der Waals surface area (Å²) in [7, 11) is -1.45. The molecule has 8 nitrogen and oxygen atoms in total. The second kappa shape index (κ2) is 6.66. The van der Waals surface area contributed by atoms with Gasteiger partial charge in [0.2, 0.25) is 15.9 Å². The van der Waals surface area contributed by atoms with Gasteiger partial charge < -0.3 is 15.1 Å². The summed E-state index contributed by atoms with van der Waals surface area (Å²) < 4.78 is 30.4. The first kappa shape index (κ1) is 14.9. The normalized spacial score (nSPS) is 13.5. The number of anilines is 1. The van der Waals surface area contributed by atoms with Crippen molar-refractivity contribution in [1.82, 2.24) is 20.2 Å². The fourth-order valence-corrected chi connectivity index (χ4v) is 2.14. The van der Waals surface area contributed by atoms with Crippen molar-refractivity contribution in [3.05, 3.63) is 5.89 Å². The van der Waals surface area contributed by atoms with Crippen molar-refractivity contribution >= 4 is 16.0 Å². The second-order valence-corrected chi connectivity index (χ2v) is 5.63. The first-order valence-corrected chi connectivity index (χ1v) is 7.35. The monoisotopic (exact) mass is 277 g/mol. The van der Waals surface area contributed by atoms with Gasteiger partial charge in [-0.1, -0.05) is 12.0 Å². The maximum Gasteiger partial charge on any atom is 0.315 e. The van der Waals surface area contributed by atoms with Crippen LogP contribution in [0.15, 0.2) is 4.42 Å². The summed E-state index contributed by atoms with van der Waals surface area (Å²) in [6.07, 6.45) is 0. The lowest BCUT2D eigenvalue weighted by Crippen LogP contribution is -2.29. The number of nitrogens with zero attached hydrogens (tertiary/aromatic N) is 2. The number of sulfonamides is 1. The van der Waals surface area contributed by atoms with E-state index in [9.17, 15) is 8.42 Å². The van der Waals surface area contributed by atoms with Gasteiger partial charge in [0, 0.05) is 13.1 Å². The Morgan fingerprint density at radius 1 is 1.39 bits per heavy atom. The maximum absolute atomic E-state index is 11.4. The average molecular weight is 277 g/mol. The lowest BCUT2D eigenvalue weighted by atomic mass is 10.3. The molecule has 0 amide bonds. The molecule has 0 aliphatic heterocycles. The zero-order chi connectivity index (χ0) is 13.6. The van der Waals surface area contributed by atoms with Gasteiger partial charge in [-0.05, 0) is 14.0 Å². The zero-order valence-corrected chi connectivity index (χ0v) is 11.5. The highest BCUT2D eigenvalue weighted by Gasteiger charge is 2.13. The van der Waals surface area contributed by atoms with Gasteiger partial charge in [0.05, 0.1) is 11.8 Å². The van der Waals surface area contributed by atoms with Crippen LogP contribution in [0.25, 0.3) is 0 Å². The van der Waals surface area contributed by atoms with Crippen LogP contribution in [0.4, 0.5) is 6.01 Å². The molecular formula is C9H19N5O3S. The number of aromatic nitrogens is 2. The zero-order valence-electron chi connectivity index (χ0n) is 10.7. The molecule has 1 aromatic heterocycles. The van der Waals surface area contributed by atoms with Crippen LogP contribution in [0.5, 0.6) is 0 Å². The van der Waals surface area contributed by atoms with Gasteiger partial charge in [-0.3, -0.25) is 0 Å². The molecule has 0 fully saturated rings. The van der Waals surface area contributed by atoms with Crippen LogP contribution in [0.2, 0.25) is 0 Å². The van der Waals surface area contributed by atoms with Crippen LogP contribution in [0.1, 0.15) is 25.8 Å². The van der Waals surface area contributed by atoms with Gasteiger partial charge in [0.25, 0.3) is 0 Å². The van der Waals surface area contributed by atoms with E-state index in [-0.39, 0.29) is 24.4 Å². The van der Waals surface area contributed by atoms with Gasteiger partial charge in [0.15, 0.2) is 0 Å². The Morgan fingerprint density at radius 2 is 2.11 bits per heavy atom. The lowest BCUT2D eigenvalue weighted by molar-refractivity contribution is 0.441. The molecule has 0 bridgehead atoms. The third-order valence-corrected chi connectivity index (χ3v) is 3.73. The van der Waals surface area contributed by atoms with Crippen molar-refractivity contribution in [3.63, 3.8) is 0 Å². The van der Waals surface area contributed by atoms with Crippen molar-refractivity contribution in [3.8, 4) is 0 Å². The summed E-state index contributed by atoms with van der Waals surface area (Å²) in [5.41, 5.74) is 0. The Balaban J connectivity index is 2.43. The predicted molar refractivity (Wildman–Crippen MR) is 67.7 cm³/mol. The van der Waals surface area contributed by atoms with Crippen LogP contribution in [0.3, 0.4) is 0 Å². The first-order chi connectivity index (χ1) is 8.48. The molecule has 3 N–H and O–H groups in total. The molecule has 18 heavy (non-hydrogen) atoms. The van der Waals surface area contributed by atoms with Gasteiger partial charge in [-0.25, -0.2) is 13.1 Å². The van der Waals surface area contributed by atoms with Gasteiger partial charge in [-0.2, -0.15) is 0 Å². The first-order valence-electron chi connectivity index (χ1n) is 5.70. The van der Waals surface area contributed by atoms with Gasteiger partial charge >= 0.3 is 6.01 Å². The summed E-state index contributed by atoms with van der Waals surface area (Å²) in [4.78, 5) is 0. The van der Waals surface area contributed by atoms with Gasteiger partial charge in [-0.15, -0.1) is 5.10 Å². The molecule has 1 rings (SSSR count). The van der Waals surface area contributed by atoms with Crippen molar-refractivity contribution in [2.75, 3.05) is 31.2 Å². The SMILES string of the molecule is CCNS(=O)(=O)CCNc1nnc(C(C)NC)o1. The van der Waals surface area contributed by atoms with E-state index in [0.717, 1.165) is 0 Å². The van der Waals surface area contributed by atoms with Crippen LogP contribution >= 0.6 is 0 Å². The highest BCUT2D eigenvalue weighted by atomic mass is 32.2. The quantitative estimate of drug-likeness (QED) is 0.598. The molecule has 0 saturated carbocycles. The minimum atomic E-state index is -3.23. The van der Waals surface area contributed by atoms with Crippen LogP contribution in [-0.4, -0.2) is 44.5 Å².